The van der Waals surface area contributed by atoms with Crippen molar-refractivity contribution in [2.75, 3.05) is 39.9 Å². The van der Waals surface area contributed by atoms with Crippen LogP contribution in [-0.2, 0) is 9.53 Å². The van der Waals surface area contributed by atoms with E-state index in [0.717, 1.165) is 26.2 Å². The zero-order chi connectivity index (χ0) is 13.4. The third-order valence-electron chi connectivity index (χ3n) is 3.49. The maximum Gasteiger partial charge on any atom is 0.320 e. The molecule has 1 aliphatic rings. The van der Waals surface area contributed by atoms with E-state index in [4.69, 9.17) is 9.84 Å². The molecule has 106 valence electrons. The summed E-state index contributed by atoms with van der Waals surface area (Å²) in [5.41, 5.74) is 0. The summed E-state index contributed by atoms with van der Waals surface area (Å²) >= 11 is 0. The molecule has 0 aromatic carbocycles. The Labute approximate surface area is 109 Å². The number of likely N-dealkylation sites (tertiary alicyclic amines) is 1. The van der Waals surface area contributed by atoms with Crippen LogP contribution >= 0.6 is 0 Å². The van der Waals surface area contributed by atoms with Gasteiger partial charge in [0, 0.05) is 20.2 Å². The van der Waals surface area contributed by atoms with E-state index in [0.29, 0.717) is 18.9 Å². The predicted molar refractivity (Wildman–Crippen MR) is 70.8 cm³/mol. The minimum atomic E-state index is -0.748. The van der Waals surface area contributed by atoms with E-state index in [1.807, 2.05) is 6.92 Å². The molecule has 0 aromatic rings. The van der Waals surface area contributed by atoms with Crippen molar-refractivity contribution < 1.29 is 14.6 Å². The van der Waals surface area contributed by atoms with E-state index in [1.54, 1.807) is 7.11 Å². The third kappa shape index (κ3) is 5.33. The van der Waals surface area contributed by atoms with Crippen molar-refractivity contribution in [3.8, 4) is 0 Å². The van der Waals surface area contributed by atoms with E-state index >= 15 is 0 Å². The number of piperidine rings is 1. The highest BCUT2D eigenvalue weighted by molar-refractivity contribution is 5.73. The molecule has 1 fully saturated rings. The number of carboxylic acid groups (broad SMARTS) is 1. The Balaban J connectivity index is 2.30. The molecule has 1 aliphatic heterocycles. The average molecular weight is 258 g/mol. The number of aliphatic carboxylic acids is 1. The molecule has 0 spiro atoms. The molecule has 2 N–H and O–H groups in total. The van der Waals surface area contributed by atoms with E-state index in [2.05, 4.69) is 10.2 Å². The van der Waals surface area contributed by atoms with Crippen LogP contribution in [0.1, 0.15) is 26.2 Å². The highest BCUT2D eigenvalue weighted by atomic mass is 16.5. The van der Waals surface area contributed by atoms with Crippen molar-refractivity contribution in [3.05, 3.63) is 0 Å². The quantitative estimate of drug-likeness (QED) is 0.674. The summed E-state index contributed by atoms with van der Waals surface area (Å²) in [5, 5.41) is 12.1. The molecule has 0 aliphatic carbocycles. The van der Waals surface area contributed by atoms with Gasteiger partial charge in [-0.3, -0.25) is 4.79 Å². The first-order valence-corrected chi connectivity index (χ1v) is 6.84. The first kappa shape index (κ1) is 15.4. The molecule has 0 saturated carbocycles. The van der Waals surface area contributed by atoms with Gasteiger partial charge in [-0.25, -0.2) is 0 Å². The third-order valence-corrected chi connectivity index (χ3v) is 3.49. The van der Waals surface area contributed by atoms with Gasteiger partial charge in [-0.2, -0.15) is 0 Å². The molecule has 5 nitrogen and oxygen atoms in total. The molecular weight excluding hydrogens is 232 g/mol. The Morgan fingerprint density at radius 2 is 2.39 bits per heavy atom. The van der Waals surface area contributed by atoms with Crippen LogP contribution in [0.2, 0.25) is 0 Å². The molecule has 2 unspecified atom stereocenters. The number of hydrogen-bond acceptors (Lipinski definition) is 4. The number of nitrogens with one attached hydrogen (secondary N) is 1. The fourth-order valence-corrected chi connectivity index (χ4v) is 2.60. The van der Waals surface area contributed by atoms with Crippen LogP contribution in [0.4, 0.5) is 0 Å². The maximum atomic E-state index is 11.0. The van der Waals surface area contributed by atoms with Crippen molar-refractivity contribution in [1.29, 1.82) is 0 Å². The van der Waals surface area contributed by atoms with E-state index in [9.17, 15) is 4.79 Å². The summed E-state index contributed by atoms with van der Waals surface area (Å²) in [7, 11) is 1.74. The smallest absolute Gasteiger partial charge is 0.320 e. The molecule has 1 rings (SSSR count). The minimum Gasteiger partial charge on any atom is -0.480 e. The van der Waals surface area contributed by atoms with Crippen LogP contribution in [0.5, 0.6) is 0 Å². The van der Waals surface area contributed by atoms with Crippen molar-refractivity contribution in [2.24, 2.45) is 5.92 Å². The SMILES string of the molecule is CCNC(CCN1CCCC(COC)C1)C(=O)O. The lowest BCUT2D eigenvalue weighted by Gasteiger charge is -2.32. The summed E-state index contributed by atoms with van der Waals surface area (Å²) in [6, 6.07) is -0.419. The number of likely N-dealkylation sites (N-methyl/N-ethyl adjacent to an activating group) is 1. The number of nitrogens with zero attached hydrogens (tertiary/aromatic N) is 1. The molecule has 1 heterocycles. The van der Waals surface area contributed by atoms with Gasteiger partial charge >= 0.3 is 5.97 Å². The van der Waals surface area contributed by atoms with E-state index in [-0.39, 0.29) is 0 Å². The molecule has 0 bridgehead atoms. The summed E-state index contributed by atoms with van der Waals surface area (Å²) in [6.45, 7) is 6.41. The Bertz CT molecular complexity index is 246. The Morgan fingerprint density at radius 1 is 1.61 bits per heavy atom. The fourth-order valence-electron chi connectivity index (χ4n) is 2.60. The Hall–Kier alpha value is -0.650. The number of ether oxygens (including phenoxy) is 1. The monoisotopic (exact) mass is 258 g/mol. The predicted octanol–water partition coefficient (Wildman–Crippen LogP) is 0.798. The van der Waals surface area contributed by atoms with Gasteiger partial charge in [0.25, 0.3) is 0 Å². The first-order chi connectivity index (χ1) is 8.67. The molecule has 0 aromatic heterocycles. The van der Waals surface area contributed by atoms with Crippen molar-refractivity contribution in [2.45, 2.75) is 32.2 Å². The van der Waals surface area contributed by atoms with Crippen LogP contribution < -0.4 is 5.32 Å². The normalized spacial score (nSPS) is 22.9. The Kier molecular flexibility index (Phi) is 7.23. The van der Waals surface area contributed by atoms with Gasteiger partial charge in [0.15, 0.2) is 0 Å². The second kappa shape index (κ2) is 8.45. The molecule has 2 atom stereocenters. The number of rotatable bonds is 8. The molecule has 18 heavy (non-hydrogen) atoms. The van der Waals surface area contributed by atoms with Crippen LogP contribution in [0.15, 0.2) is 0 Å². The van der Waals surface area contributed by atoms with Crippen LogP contribution in [0.3, 0.4) is 0 Å². The lowest BCUT2D eigenvalue weighted by molar-refractivity contribution is -0.139. The highest BCUT2D eigenvalue weighted by Crippen LogP contribution is 2.17. The second-order valence-electron chi connectivity index (χ2n) is 5.00. The van der Waals surface area contributed by atoms with Crippen LogP contribution in [0, 0.1) is 5.92 Å². The summed E-state index contributed by atoms with van der Waals surface area (Å²) in [4.78, 5) is 13.4. The van der Waals surface area contributed by atoms with Crippen molar-refractivity contribution >= 4 is 5.97 Å². The van der Waals surface area contributed by atoms with E-state index < -0.39 is 12.0 Å². The topological polar surface area (TPSA) is 61.8 Å². The molecule has 0 amide bonds. The molecular formula is C13H26N2O3. The number of methoxy groups -OCH3 is 1. The zero-order valence-corrected chi connectivity index (χ0v) is 11.5. The summed E-state index contributed by atoms with van der Waals surface area (Å²) in [5.74, 6) is -0.145. The summed E-state index contributed by atoms with van der Waals surface area (Å²) in [6.07, 6.45) is 3.08. The van der Waals surface area contributed by atoms with Gasteiger partial charge in [0.1, 0.15) is 6.04 Å². The number of hydrogen-bond donors (Lipinski definition) is 2. The van der Waals surface area contributed by atoms with Crippen molar-refractivity contribution in [3.63, 3.8) is 0 Å². The lowest BCUT2D eigenvalue weighted by Crippen LogP contribution is -2.43. The van der Waals surface area contributed by atoms with Gasteiger partial charge in [-0.05, 0) is 38.3 Å². The van der Waals surface area contributed by atoms with Crippen molar-refractivity contribution in [1.82, 2.24) is 10.2 Å². The van der Waals surface area contributed by atoms with E-state index in [1.165, 1.54) is 12.8 Å². The molecule has 0 radical (unpaired) electrons. The summed E-state index contributed by atoms with van der Waals surface area (Å²) < 4.78 is 5.20. The van der Waals surface area contributed by atoms with Gasteiger partial charge in [0.2, 0.25) is 0 Å². The second-order valence-corrected chi connectivity index (χ2v) is 5.00. The number of carbonyl (C=O) groups is 1. The maximum absolute atomic E-state index is 11.0. The average Bonchev–Trinajstić information content (AvgIpc) is 2.35. The zero-order valence-electron chi connectivity index (χ0n) is 11.5. The van der Waals surface area contributed by atoms with Gasteiger partial charge in [-0.1, -0.05) is 6.92 Å². The van der Waals surface area contributed by atoms with Crippen LogP contribution in [-0.4, -0.2) is 61.9 Å². The first-order valence-electron chi connectivity index (χ1n) is 6.84. The highest BCUT2D eigenvalue weighted by Gasteiger charge is 2.22. The largest absolute Gasteiger partial charge is 0.480 e. The molecule has 1 saturated heterocycles. The Morgan fingerprint density at radius 3 is 3.00 bits per heavy atom. The van der Waals surface area contributed by atoms with Gasteiger partial charge < -0.3 is 20.1 Å². The molecule has 5 heteroatoms. The fraction of sp³-hybridized carbons (Fsp3) is 0.923. The minimum absolute atomic E-state index is 0.419. The van der Waals surface area contributed by atoms with Gasteiger partial charge in [0.05, 0.1) is 6.61 Å². The lowest BCUT2D eigenvalue weighted by atomic mass is 9.98. The number of carboxylic acids is 1. The van der Waals surface area contributed by atoms with Crippen LogP contribution in [0.25, 0.3) is 0 Å². The van der Waals surface area contributed by atoms with Gasteiger partial charge in [-0.15, -0.1) is 0 Å². The standard InChI is InChI=1S/C13H26N2O3/c1-3-14-12(13(16)17)6-8-15-7-4-5-11(9-15)10-18-2/h11-12,14H,3-10H2,1-2H3,(H,16,17).